The normalized spacial score (nSPS) is 24.6. The zero-order valence-electron chi connectivity index (χ0n) is 10.9. The van der Waals surface area contributed by atoms with Crippen LogP contribution in [-0.4, -0.2) is 18.3 Å². The maximum absolute atomic E-state index is 9.87. The summed E-state index contributed by atoms with van der Waals surface area (Å²) in [6.07, 6.45) is 6.44. The fraction of sp³-hybridized carbons (Fsp3) is 0.600. The van der Waals surface area contributed by atoms with E-state index in [1.807, 2.05) is 12.1 Å². The summed E-state index contributed by atoms with van der Waals surface area (Å²) in [5.74, 6) is 1.49. The van der Waals surface area contributed by atoms with Gasteiger partial charge in [-0.3, -0.25) is 0 Å². The Hall–Kier alpha value is -0.540. The summed E-state index contributed by atoms with van der Waals surface area (Å²) in [6.45, 7) is 0. The first-order valence-corrected chi connectivity index (χ1v) is 7.49. The predicted octanol–water partition coefficient (Wildman–Crippen LogP) is 3.94. The molecule has 2 rings (SSSR count). The number of aliphatic hydroxyl groups excluding tert-OH is 1. The van der Waals surface area contributed by atoms with Gasteiger partial charge in [0.15, 0.2) is 0 Å². The van der Waals surface area contributed by atoms with Gasteiger partial charge in [-0.15, -0.1) is 0 Å². The van der Waals surface area contributed by atoms with E-state index in [1.165, 1.54) is 18.4 Å². The summed E-state index contributed by atoms with van der Waals surface area (Å²) in [7, 11) is 1.70. The van der Waals surface area contributed by atoms with E-state index in [0.717, 1.165) is 35.9 Å². The van der Waals surface area contributed by atoms with Gasteiger partial charge >= 0.3 is 0 Å². The molecule has 1 aliphatic carbocycles. The monoisotopic (exact) mass is 312 g/mol. The lowest BCUT2D eigenvalue weighted by Gasteiger charge is -2.17. The van der Waals surface area contributed by atoms with E-state index in [1.54, 1.807) is 7.11 Å². The molecule has 2 nitrogen and oxygen atoms in total. The molecule has 0 aliphatic heterocycles. The van der Waals surface area contributed by atoms with Crippen LogP contribution in [0.1, 0.15) is 37.7 Å². The molecule has 1 fully saturated rings. The number of rotatable bonds is 3. The molecule has 1 N–H and O–H groups in total. The molecule has 0 bridgehead atoms. The van der Waals surface area contributed by atoms with Crippen LogP contribution in [0, 0.1) is 5.92 Å². The molecule has 1 aromatic carbocycles. The summed E-state index contributed by atoms with van der Waals surface area (Å²) in [5.41, 5.74) is 1.29. The fourth-order valence-corrected chi connectivity index (χ4v) is 3.17. The van der Waals surface area contributed by atoms with E-state index in [2.05, 4.69) is 22.0 Å². The largest absolute Gasteiger partial charge is 0.497 e. The van der Waals surface area contributed by atoms with E-state index in [0.29, 0.717) is 5.92 Å². The van der Waals surface area contributed by atoms with Crippen molar-refractivity contribution in [3.63, 3.8) is 0 Å². The Bertz CT molecular complexity index is 392. The Morgan fingerprint density at radius 3 is 2.89 bits per heavy atom. The van der Waals surface area contributed by atoms with Crippen molar-refractivity contribution in [2.75, 3.05) is 7.11 Å². The minimum atomic E-state index is -0.109. The average molecular weight is 313 g/mol. The maximum Gasteiger partial charge on any atom is 0.119 e. The first-order chi connectivity index (χ1) is 8.69. The third-order valence-corrected chi connectivity index (χ3v) is 4.54. The van der Waals surface area contributed by atoms with Crippen molar-refractivity contribution in [3.8, 4) is 5.75 Å². The second kappa shape index (κ2) is 6.58. The highest BCUT2D eigenvalue weighted by Gasteiger charge is 2.19. The third kappa shape index (κ3) is 3.72. The molecule has 0 spiro atoms. The second-order valence-corrected chi connectivity index (χ2v) is 6.06. The van der Waals surface area contributed by atoms with Crippen LogP contribution < -0.4 is 4.74 Å². The van der Waals surface area contributed by atoms with Crippen molar-refractivity contribution >= 4 is 15.9 Å². The number of hydrogen-bond acceptors (Lipinski definition) is 2. The smallest absolute Gasteiger partial charge is 0.119 e. The lowest BCUT2D eigenvalue weighted by molar-refractivity contribution is 0.141. The van der Waals surface area contributed by atoms with E-state index in [9.17, 15) is 5.11 Å². The summed E-state index contributed by atoms with van der Waals surface area (Å²) >= 11 is 3.60. The summed E-state index contributed by atoms with van der Waals surface area (Å²) in [4.78, 5) is 0. The van der Waals surface area contributed by atoms with Crippen molar-refractivity contribution in [1.29, 1.82) is 0 Å². The second-order valence-electron chi connectivity index (χ2n) is 5.20. The molecule has 3 heteroatoms. The van der Waals surface area contributed by atoms with Gasteiger partial charge in [-0.05, 0) is 48.9 Å². The minimum absolute atomic E-state index is 0.109. The van der Waals surface area contributed by atoms with Crippen molar-refractivity contribution in [1.82, 2.24) is 0 Å². The van der Waals surface area contributed by atoms with Crippen LogP contribution in [-0.2, 0) is 6.42 Å². The molecule has 0 amide bonds. The van der Waals surface area contributed by atoms with Gasteiger partial charge in [0.1, 0.15) is 5.75 Å². The van der Waals surface area contributed by atoms with E-state index < -0.39 is 0 Å². The van der Waals surface area contributed by atoms with Gasteiger partial charge < -0.3 is 9.84 Å². The van der Waals surface area contributed by atoms with Gasteiger partial charge in [-0.25, -0.2) is 0 Å². The maximum atomic E-state index is 9.87. The molecule has 100 valence electrons. The van der Waals surface area contributed by atoms with Crippen molar-refractivity contribution < 1.29 is 9.84 Å². The molecule has 0 aromatic heterocycles. The van der Waals surface area contributed by atoms with Crippen molar-refractivity contribution in [3.05, 3.63) is 28.2 Å². The molecular formula is C15H21BrO2. The molecule has 1 aliphatic rings. The first kappa shape index (κ1) is 13.9. The SMILES string of the molecule is COc1ccc(Br)c(CC2CCCCC(O)C2)c1. The zero-order valence-corrected chi connectivity index (χ0v) is 12.4. The molecule has 1 aromatic rings. The number of benzene rings is 1. The predicted molar refractivity (Wildman–Crippen MR) is 77.0 cm³/mol. The van der Waals surface area contributed by atoms with Gasteiger partial charge in [-0.2, -0.15) is 0 Å². The molecule has 1 saturated carbocycles. The summed E-state index contributed by atoms with van der Waals surface area (Å²) in [6, 6.07) is 6.11. The van der Waals surface area contributed by atoms with E-state index >= 15 is 0 Å². The number of ether oxygens (including phenoxy) is 1. The van der Waals surface area contributed by atoms with Crippen LogP contribution in [0.3, 0.4) is 0 Å². The molecule has 0 radical (unpaired) electrons. The Morgan fingerprint density at radius 1 is 1.33 bits per heavy atom. The Kier molecular flexibility index (Phi) is 5.07. The van der Waals surface area contributed by atoms with Crippen LogP contribution in [0.25, 0.3) is 0 Å². The van der Waals surface area contributed by atoms with Crippen molar-refractivity contribution in [2.24, 2.45) is 5.92 Å². The van der Waals surface area contributed by atoms with E-state index in [4.69, 9.17) is 4.74 Å². The molecule has 0 heterocycles. The quantitative estimate of drug-likeness (QED) is 0.857. The number of halogens is 1. The van der Waals surface area contributed by atoms with Crippen LogP contribution in [0.4, 0.5) is 0 Å². The van der Waals surface area contributed by atoms with Crippen LogP contribution in [0.15, 0.2) is 22.7 Å². The molecule has 18 heavy (non-hydrogen) atoms. The Morgan fingerprint density at radius 2 is 2.11 bits per heavy atom. The topological polar surface area (TPSA) is 29.5 Å². The van der Waals surface area contributed by atoms with Crippen LogP contribution >= 0.6 is 15.9 Å². The highest BCUT2D eigenvalue weighted by molar-refractivity contribution is 9.10. The molecule has 0 saturated heterocycles. The first-order valence-electron chi connectivity index (χ1n) is 6.69. The van der Waals surface area contributed by atoms with Crippen LogP contribution in [0.5, 0.6) is 5.75 Å². The van der Waals surface area contributed by atoms with Crippen LogP contribution in [0.2, 0.25) is 0 Å². The minimum Gasteiger partial charge on any atom is -0.497 e. The Balaban J connectivity index is 2.07. The molecular weight excluding hydrogens is 292 g/mol. The standard InChI is InChI=1S/C15H21BrO2/c1-18-14-6-7-15(16)12(10-14)8-11-4-2-3-5-13(17)9-11/h6-7,10-11,13,17H,2-5,8-9H2,1H3. The molecule has 2 unspecified atom stereocenters. The van der Waals surface area contributed by atoms with E-state index in [-0.39, 0.29) is 6.10 Å². The highest BCUT2D eigenvalue weighted by atomic mass is 79.9. The third-order valence-electron chi connectivity index (χ3n) is 3.77. The zero-order chi connectivity index (χ0) is 13.0. The summed E-state index contributed by atoms with van der Waals surface area (Å²) in [5, 5.41) is 9.87. The number of aliphatic hydroxyl groups is 1. The van der Waals surface area contributed by atoms with Gasteiger partial charge in [0, 0.05) is 4.47 Å². The van der Waals surface area contributed by atoms with Gasteiger partial charge in [0.2, 0.25) is 0 Å². The fourth-order valence-electron chi connectivity index (χ4n) is 2.76. The Labute approximate surface area is 117 Å². The van der Waals surface area contributed by atoms with Gasteiger partial charge in [0.05, 0.1) is 13.2 Å². The lowest BCUT2D eigenvalue weighted by atomic mass is 9.92. The average Bonchev–Trinajstić information content (AvgIpc) is 2.56. The van der Waals surface area contributed by atoms with Crippen molar-refractivity contribution in [2.45, 2.75) is 44.6 Å². The molecule has 2 atom stereocenters. The number of methoxy groups -OCH3 is 1. The van der Waals surface area contributed by atoms with Gasteiger partial charge in [0.25, 0.3) is 0 Å². The summed E-state index contributed by atoms with van der Waals surface area (Å²) < 4.78 is 6.42. The number of hydrogen-bond donors (Lipinski definition) is 1. The van der Waals surface area contributed by atoms with Gasteiger partial charge in [-0.1, -0.05) is 35.2 Å². The highest BCUT2D eigenvalue weighted by Crippen LogP contribution is 2.30. The lowest BCUT2D eigenvalue weighted by Crippen LogP contribution is -2.12.